The fourth-order valence-electron chi connectivity index (χ4n) is 3.34. The number of hydrogen-bond acceptors (Lipinski definition) is 3. The van der Waals surface area contributed by atoms with Gasteiger partial charge in [0, 0.05) is 37.5 Å². The van der Waals surface area contributed by atoms with Crippen molar-refractivity contribution in [3.63, 3.8) is 0 Å². The predicted octanol–water partition coefficient (Wildman–Crippen LogP) is 1.49. The fraction of sp³-hybridized carbons (Fsp3) is 0.600. The lowest BCUT2D eigenvalue weighted by Crippen LogP contribution is -2.59. The second-order valence-corrected chi connectivity index (χ2v) is 5.81. The first-order valence-electron chi connectivity index (χ1n) is 6.96. The Bertz CT molecular complexity index is 409. The molecule has 2 heterocycles. The van der Waals surface area contributed by atoms with Crippen molar-refractivity contribution in [1.29, 1.82) is 0 Å². The molecule has 2 saturated heterocycles. The zero-order valence-corrected chi connectivity index (χ0v) is 11.3. The molecule has 2 aliphatic heterocycles. The van der Waals surface area contributed by atoms with E-state index in [1.54, 1.807) is 0 Å². The number of benzene rings is 1. The van der Waals surface area contributed by atoms with Gasteiger partial charge in [-0.1, -0.05) is 12.1 Å². The van der Waals surface area contributed by atoms with Gasteiger partial charge >= 0.3 is 0 Å². The molecule has 0 radical (unpaired) electrons. The number of nitrogens with one attached hydrogen (secondary N) is 1. The van der Waals surface area contributed by atoms with Crippen LogP contribution in [0.2, 0.25) is 0 Å². The Hall–Kier alpha value is -0.970. The summed E-state index contributed by atoms with van der Waals surface area (Å²) in [5.41, 5.74) is 1.14. The van der Waals surface area contributed by atoms with Gasteiger partial charge in [-0.25, -0.2) is 4.39 Å². The summed E-state index contributed by atoms with van der Waals surface area (Å²) >= 11 is 0. The van der Waals surface area contributed by atoms with Crippen molar-refractivity contribution in [2.45, 2.75) is 12.6 Å². The van der Waals surface area contributed by atoms with Gasteiger partial charge in [0.05, 0.1) is 13.2 Å². The molecule has 4 heteroatoms. The lowest BCUT2D eigenvalue weighted by atomic mass is 9.82. The zero-order chi connectivity index (χ0) is 13.2. The highest BCUT2D eigenvalue weighted by atomic mass is 19.1. The van der Waals surface area contributed by atoms with E-state index >= 15 is 0 Å². The summed E-state index contributed by atoms with van der Waals surface area (Å²) in [6.07, 6.45) is 0. The van der Waals surface area contributed by atoms with Gasteiger partial charge < -0.3 is 15.0 Å². The summed E-state index contributed by atoms with van der Waals surface area (Å²) in [5, 5.41) is 3.65. The Kier molecular flexibility index (Phi) is 3.82. The molecule has 2 bridgehead atoms. The topological polar surface area (TPSA) is 24.5 Å². The van der Waals surface area contributed by atoms with E-state index in [9.17, 15) is 4.39 Å². The highest BCUT2D eigenvalue weighted by molar-refractivity contribution is 5.16. The minimum Gasteiger partial charge on any atom is -0.381 e. The smallest absolute Gasteiger partial charge is 0.123 e. The van der Waals surface area contributed by atoms with Crippen LogP contribution in [-0.4, -0.2) is 44.3 Å². The molecule has 0 aliphatic carbocycles. The molecule has 3 atom stereocenters. The van der Waals surface area contributed by atoms with Crippen LogP contribution in [0.1, 0.15) is 5.56 Å². The Morgan fingerprint density at radius 2 is 1.84 bits per heavy atom. The third kappa shape index (κ3) is 2.96. The molecule has 1 aromatic carbocycles. The summed E-state index contributed by atoms with van der Waals surface area (Å²) in [6.45, 7) is 4.70. The number of hydrogen-bond donors (Lipinski definition) is 1. The maximum atomic E-state index is 12.9. The molecule has 0 aromatic heterocycles. The summed E-state index contributed by atoms with van der Waals surface area (Å²) in [4.78, 5) is 2.40. The second-order valence-electron chi connectivity index (χ2n) is 5.81. The van der Waals surface area contributed by atoms with E-state index in [0.717, 1.165) is 38.4 Å². The number of rotatable bonds is 3. The van der Waals surface area contributed by atoms with E-state index in [1.165, 1.54) is 12.1 Å². The first-order valence-corrected chi connectivity index (χ1v) is 6.96. The monoisotopic (exact) mass is 264 g/mol. The molecule has 0 spiro atoms. The number of piperidine rings is 1. The highest BCUT2D eigenvalue weighted by Gasteiger charge is 2.38. The van der Waals surface area contributed by atoms with E-state index in [4.69, 9.17) is 4.74 Å². The van der Waals surface area contributed by atoms with Crippen molar-refractivity contribution in [2.24, 2.45) is 11.8 Å². The third-order valence-corrected chi connectivity index (χ3v) is 4.23. The standard InChI is InChI=1S/C15H21FN2O/c1-18-7-12-9-19-10-13(8-18)15(12)17-6-11-2-4-14(16)5-3-11/h2-5,12-13,15,17H,6-10H2,1H3/t12-,13+,15?. The molecular weight excluding hydrogens is 243 g/mol. The van der Waals surface area contributed by atoms with Gasteiger partial charge in [-0.15, -0.1) is 0 Å². The minimum atomic E-state index is -0.173. The molecule has 0 amide bonds. The van der Waals surface area contributed by atoms with Crippen LogP contribution < -0.4 is 5.32 Å². The van der Waals surface area contributed by atoms with Crippen molar-refractivity contribution in [3.05, 3.63) is 35.6 Å². The molecule has 1 N–H and O–H groups in total. The molecular formula is C15H21FN2O. The first-order chi connectivity index (χ1) is 9.22. The van der Waals surface area contributed by atoms with Crippen LogP contribution in [0.15, 0.2) is 24.3 Å². The van der Waals surface area contributed by atoms with Gasteiger partial charge in [-0.2, -0.15) is 0 Å². The van der Waals surface area contributed by atoms with Crippen LogP contribution in [-0.2, 0) is 11.3 Å². The van der Waals surface area contributed by atoms with Gasteiger partial charge in [0.25, 0.3) is 0 Å². The molecule has 2 aliphatic rings. The van der Waals surface area contributed by atoms with E-state index in [-0.39, 0.29) is 5.82 Å². The SMILES string of the molecule is CN1C[C@H]2COC[C@@H](C1)C2NCc1ccc(F)cc1. The number of ether oxygens (including phenoxy) is 1. The van der Waals surface area contributed by atoms with Gasteiger partial charge in [-0.3, -0.25) is 0 Å². The fourth-order valence-corrected chi connectivity index (χ4v) is 3.34. The lowest BCUT2D eigenvalue weighted by Gasteiger charge is -2.46. The van der Waals surface area contributed by atoms with Crippen LogP contribution in [0.25, 0.3) is 0 Å². The highest BCUT2D eigenvalue weighted by Crippen LogP contribution is 2.27. The first kappa shape index (κ1) is 13.0. The summed E-state index contributed by atoms with van der Waals surface area (Å²) in [6, 6.07) is 7.27. The molecule has 3 rings (SSSR count). The molecule has 104 valence electrons. The van der Waals surface area contributed by atoms with Gasteiger partial charge in [-0.05, 0) is 24.7 Å². The van der Waals surface area contributed by atoms with Crippen LogP contribution in [0.5, 0.6) is 0 Å². The van der Waals surface area contributed by atoms with Crippen molar-refractivity contribution in [3.8, 4) is 0 Å². The van der Waals surface area contributed by atoms with Gasteiger partial charge in [0.15, 0.2) is 0 Å². The Morgan fingerprint density at radius 3 is 2.47 bits per heavy atom. The molecule has 3 nitrogen and oxygen atoms in total. The van der Waals surface area contributed by atoms with Gasteiger partial charge in [0.2, 0.25) is 0 Å². The number of nitrogens with zero attached hydrogens (tertiary/aromatic N) is 1. The largest absolute Gasteiger partial charge is 0.381 e. The average Bonchev–Trinajstić information content (AvgIpc) is 2.38. The maximum absolute atomic E-state index is 12.9. The van der Waals surface area contributed by atoms with Gasteiger partial charge in [0.1, 0.15) is 5.82 Å². The quantitative estimate of drug-likeness (QED) is 0.895. The average molecular weight is 264 g/mol. The van der Waals surface area contributed by atoms with Crippen molar-refractivity contribution >= 4 is 0 Å². The lowest BCUT2D eigenvalue weighted by molar-refractivity contribution is -0.0589. The zero-order valence-electron chi connectivity index (χ0n) is 11.3. The molecule has 1 unspecified atom stereocenters. The number of fused-ring (bicyclic) bond motifs is 2. The molecule has 0 saturated carbocycles. The Morgan fingerprint density at radius 1 is 1.21 bits per heavy atom. The summed E-state index contributed by atoms with van der Waals surface area (Å²) < 4.78 is 18.5. The van der Waals surface area contributed by atoms with E-state index < -0.39 is 0 Å². The van der Waals surface area contributed by atoms with E-state index in [2.05, 4.69) is 17.3 Å². The van der Waals surface area contributed by atoms with Crippen molar-refractivity contribution < 1.29 is 9.13 Å². The van der Waals surface area contributed by atoms with E-state index in [1.807, 2.05) is 12.1 Å². The predicted molar refractivity (Wildman–Crippen MR) is 72.3 cm³/mol. The van der Waals surface area contributed by atoms with E-state index in [0.29, 0.717) is 17.9 Å². The number of likely N-dealkylation sites (tertiary alicyclic amines) is 1. The molecule has 19 heavy (non-hydrogen) atoms. The van der Waals surface area contributed by atoms with Crippen LogP contribution in [0, 0.1) is 17.7 Å². The number of halogens is 1. The Labute approximate surface area is 113 Å². The molecule has 2 fully saturated rings. The third-order valence-electron chi connectivity index (χ3n) is 4.23. The van der Waals surface area contributed by atoms with Crippen LogP contribution in [0.4, 0.5) is 4.39 Å². The van der Waals surface area contributed by atoms with Crippen molar-refractivity contribution in [1.82, 2.24) is 10.2 Å². The summed E-state index contributed by atoms with van der Waals surface area (Å²) in [7, 11) is 2.18. The van der Waals surface area contributed by atoms with Crippen molar-refractivity contribution in [2.75, 3.05) is 33.4 Å². The second kappa shape index (κ2) is 5.57. The normalized spacial score (nSPS) is 31.4. The maximum Gasteiger partial charge on any atom is 0.123 e. The summed E-state index contributed by atoms with van der Waals surface area (Å²) in [5.74, 6) is 0.962. The van der Waals surface area contributed by atoms with Crippen LogP contribution in [0.3, 0.4) is 0 Å². The van der Waals surface area contributed by atoms with Crippen LogP contribution >= 0.6 is 0 Å². The Balaban J connectivity index is 1.61. The molecule has 1 aromatic rings. The minimum absolute atomic E-state index is 0.173.